The van der Waals surface area contributed by atoms with Crippen molar-refractivity contribution in [3.8, 4) is 0 Å². The van der Waals surface area contributed by atoms with Gasteiger partial charge in [0.25, 0.3) is 0 Å². The molecule has 0 amide bonds. The Morgan fingerprint density at radius 3 is 2.29 bits per heavy atom. The molecule has 0 saturated carbocycles. The molecule has 0 aromatic rings. The van der Waals surface area contributed by atoms with E-state index in [0.717, 1.165) is 13.1 Å². The topological polar surface area (TPSA) is 21.3 Å². The summed E-state index contributed by atoms with van der Waals surface area (Å²) < 4.78 is 5.65. The SMILES string of the molecule is C=CCOC(CNCC(C)C)C(C)C. The van der Waals surface area contributed by atoms with Crippen LogP contribution in [0.1, 0.15) is 27.7 Å². The Hall–Kier alpha value is -0.340. The minimum Gasteiger partial charge on any atom is -0.373 e. The summed E-state index contributed by atoms with van der Waals surface area (Å²) in [5, 5.41) is 3.42. The summed E-state index contributed by atoms with van der Waals surface area (Å²) in [5.74, 6) is 1.25. The number of nitrogens with one attached hydrogen (secondary N) is 1. The third-order valence-electron chi connectivity index (χ3n) is 2.07. The second-order valence-corrected chi connectivity index (χ2v) is 4.46. The molecule has 0 saturated heterocycles. The maximum Gasteiger partial charge on any atom is 0.0726 e. The molecule has 2 nitrogen and oxygen atoms in total. The van der Waals surface area contributed by atoms with Gasteiger partial charge in [0, 0.05) is 6.54 Å². The average molecular weight is 199 g/mol. The molecule has 0 bridgehead atoms. The van der Waals surface area contributed by atoms with Gasteiger partial charge in [0.1, 0.15) is 0 Å². The zero-order valence-corrected chi connectivity index (χ0v) is 10.0. The predicted molar refractivity (Wildman–Crippen MR) is 62.5 cm³/mol. The highest BCUT2D eigenvalue weighted by Crippen LogP contribution is 2.05. The molecule has 0 heterocycles. The summed E-state index contributed by atoms with van der Waals surface area (Å²) in [4.78, 5) is 0. The van der Waals surface area contributed by atoms with Crippen LogP contribution in [0.15, 0.2) is 12.7 Å². The second kappa shape index (κ2) is 8.01. The summed E-state index contributed by atoms with van der Waals surface area (Å²) in [6, 6.07) is 0. The highest BCUT2D eigenvalue weighted by molar-refractivity contribution is 4.71. The van der Waals surface area contributed by atoms with Gasteiger partial charge >= 0.3 is 0 Å². The van der Waals surface area contributed by atoms with Crippen molar-refractivity contribution in [1.82, 2.24) is 5.32 Å². The van der Waals surface area contributed by atoms with Gasteiger partial charge in [-0.2, -0.15) is 0 Å². The van der Waals surface area contributed by atoms with E-state index in [1.807, 2.05) is 0 Å². The summed E-state index contributed by atoms with van der Waals surface area (Å²) in [7, 11) is 0. The van der Waals surface area contributed by atoms with E-state index in [1.165, 1.54) is 0 Å². The number of hydrogen-bond acceptors (Lipinski definition) is 2. The lowest BCUT2D eigenvalue weighted by molar-refractivity contribution is 0.0405. The molecule has 0 aliphatic carbocycles. The van der Waals surface area contributed by atoms with Gasteiger partial charge in [0.05, 0.1) is 12.7 Å². The fourth-order valence-corrected chi connectivity index (χ4v) is 1.19. The van der Waals surface area contributed by atoms with Gasteiger partial charge in [-0.25, -0.2) is 0 Å². The van der Waals surface area contributed by atoms with Crippen molar-refractivity contribution in [1.29, 1.82) is 0 Å². The Kier molecular flexibility index (Phi) is 7.81. The first-order chi connectivity index (χ1) is 6.57. The van der Waals surface area contributed by atoms with Crippen molar-refractivity contribution in [3.05, 3.63) is 12.7 Å². The third kappa shape index (κ3) is 7.10. The molecule has 1 atom stereocenters. The minimum absolute atomic E-state index is 0.298. The third-order valence-corrected chi connectivity index (χ3v) is 2.07. The fourth-order valence-electron chi connectivity index (χ4n) is 1.19. The van der Waals surface area contributed by atoms with Gasteiger partial charge in [0.2, 0.25) is 0 Å². The molecular formula is C12H25NO. The van der Waals surface area contributed by atoms with E-state index < -0.39 is 0 Å². The van der Waals surface area contributed by atoms with E-state index in [9.17, 15) is 0 Å². The Bertz CT molecular complexity index is 143. The molecule has 2 heteroatoms. The summed E-state index contributed by atoms with van der Waals surface area (Å²) in [6.45, 7) is 15.1. The predicted octanol–water partition coefficient (Wildman–Crippen LogP) is 2.46. The van der Waals surface area contributed by atoms with E-state index in [0.29, 0.717) is 24.5 Å². The molecule has 0 aliphatic heterocycles. The van der Waals surface area contributed by atoms with Gasteiger partial charge in [-0.05, 0) is 18.4 Å². The zero-order valence-electron chi connectivity index (χ0n) is 10.0. The Morgan fingerprint density at radius 1 is 1.21 bits per heavy atom. The number of ether oxygens (including phenoxy) is 1. The van der Waals surface area contributed by atoms with Crippen LogP contribution in [-0.2, 0) is 4.74 Å². The quantitative estimate of drug-likeness (QED) is 0.606. The first kappa shape index (κ1) is 13.7. The Labute approximate surface area is 88.7 Å². The van der Waals surface area contributed by atoms with Gasteiger partial charge in [-0.15, -0.1) is 6.58 Å². The van der Waals surface area contributed by atoms with Crippen LogP contribution in [0, 0.1) is 11.8 Å². The molecule has 1 unspecified atom stereocenters. The van der Waals surface area contributed by atoms with Gasteiger partial charge in [-0.3, -0.25) is 0 Å². The largest absolute Gasteiger partial charge is 0.373 e. The van der Waals surface area contributed by atoms with Crippen LogP contribution in [0.2, 0.25) is 0 Å². The van der Waals surface area contributed by atoms with Gasteiger partial charge < -0.3 is 10.1 Å². The van der Waals surface area contributed by atoms with Crippen LogP contribution < -0.4 is 5.32 Å². The Balaban J connectivity index is 3.67. The van der Waals surface area contributed by atoms with Gasteiger partial charge in [0.15, 0.2) is 0 Å². The van der Waals surface area contributed by atoms with E-state index in [-0.39, 0.29) is 0 Å². The first-order valence-electron chi connectivity index (χ1n) is 5.51. The van der Waals surface area contributed by atoms with Crippen LogP contribution in [0.3, 0.4) is 0 Å². The van der Waals surface area contributed by atoms with Gasteiger partial charge in [-0.1, -0.05) is 33.8 Å². The fraction of sp³-hybridized carbons (Fsp3) is 0.833. The standard InChI is InChI=1S/C12H25NO/c1-6-7-14-12(11(4)5)9-13-8-10(2)3/h6,10-13H,1,7-9H2,2-5H3. The lowest BCUT2D eigenvalue weighted by Crippen LogP contribution is -2.34. The van der Waals surface area contributed by atoms with E-state index in [1.54, 1.807) is 6.08 Å². The van der Waals surface area contributed by atoms with Crippen molar-refractivity contribution >= 4 is 0 Å². The summed E-state index contributed by atoms with van der Waals surface area (Å²) in [6.07, 6.45) is 2.10. The number of rotatable bonds is 8. The van der Waals surface area contributed by atoms with Crippen molar-refractivity contribution in [2.75, 3.05) is 19.7 Å². The summed E-state index contributed by atoms with van der Waals surface area (Å²) in [5.41, 5.74) is 0. The van der Waals surface area contributed by atoms with Crippen molar-refractivity contribution in [3.63, 3.8) is 0 Å². The van der Waals surface area contributed by atoms with Crippen molar-refractivity contribution in [2.24, 2.45) is 11.8 Å². The maximum atomic E-state index is 5.65. The molecule has 1 N–H and O–H groups in total. The molecule has 84 valence electrons. The number of hydrogen-bond donors (Lipinski definition) is 1. The van der Waals surface area contributed by atoms with Crippen LogP contribution in [0.5, 0.6) is 0 Å². The first-order valence-corrected chi connectivity index (χ1v) is 5.51. The van der Waals surface area contributed by atoms with Crippen LogP contribution in [-0.4, -0.2) is 25.8 Å². The zero-order chi connectivity index (χ0) is 11.0. The molecule has 0 radical (unpaired) electrons. The molecule has 14 heavy (non-hydrogen) atoms. The van der Waals surface area contributed by atoms with E-state index in [4.69, 9.17) is 4.74 Å². The molecule has 0 aliphatic rings. The molecule has 0 aromatic heterocycles. The van der Waals surface area contributed by atoms with Crippen LogP contribution in [0.25, 0.3) is 0 Å². The Morgan fingerprint density at radius 2 is 1.86 bits per heavy atom. The van der Waals surface area contributed by atoms with Crippen LogP contribution >= 0.6 is 0 Å². The molecule has 0 fully saturated rings. The lowest BCUT2D eigenvalue weighted by atomic mass is 10.1. The molecule has 0 spiro atoms. The lowest BCUT2D eigenvalue weighted by Gasteiger charge is -2.21. The smallest absolute Gasteiger partial charge is 0.0726 e. The highest BCUT2D eigenvalue weighted by atomic mass is 16.5. The van der Waals surface area contributed by atoms with E-state index in [2.05, 4.69) is 39.6 Å². The maximum absolute atomic E-state index is 5.65. The monoisotopic (exact) mass is 199 g/mol. The normalized spacial score (nSPS) is 13.6. The van der Waals surface area contributed by atoms with E-state index >= 15 is 0 Å². The second-order valence-electron chi connectivity index (χ2n) is 4.46. The van der Waals surface area contributed by atoms with Crippen molar-refractivity contribution in [2.45, 2.75) is 33.8 Å². The highest BCUT2D eigenvalue weighted by Gasteiger charge is 2.12. The molecular weight excluding hydrogens is 174 g/mol. The molecule has 0 rings (SSSR count). The molecule has 0 aromatic carbocycles. The minimum atomic E-state index is 0.298. The van der Waals surface area contributed by atoms with Crippen LogP contribution in [0.4, 0.5) is 0 Å². The van der Waals surface area contributed by atoms with Crippen molar-refractivity contribution < 1.29 is 4.74 Å². The summed E-state index contributed by atoms with van der Waals surface area (Å²) >= 11 is 0. The average Bonchev–Trinajstić information content (AvgIpc) is 2.09.